The summed E-state index contributed by atoms with van der Waals surface area (Å²) in [5.41, 5.74) is 2.84. The number of carbonyl (C=O) groups excluding carboxylic acids is 2. The fraction of sp³-hybridized carbons (Fsp3) is 0.333. The average Bonchev–Trinajstić information content (AvgIpc) is 3.02. The van der Waals surface area contributed by atoms with E-state index < -0.39 is 0 Å². The van der Waals surface area contributed by atoms with Crippen molar-refractivity contribution >= 4 is 28.9 Å². The maximum Gasteiger partial charge on any atom is 0.323 e. The molecule has 0 saturated carbocycles. The van der Waals surface area contributed by atoms with Crippen LogP contribution >= 0.6 is 0 Å². The molecule has 0 unspecified atom stereocenters. The lowest BCUT2D eigenvalue weighted by Crippen LogP contribution is -2.23. The zero-order valence-electron chi connectivity index (χ0n) is 16.5. The molecule has 0 aromatic heterocycles. The maximum atomic E-state index is 12.2. The topological polar surface area (TPSA) is 73.9 Å². The maximum absolute atomic E-state index is 12.2. The van der Waals surface area contributed by atoms with Crippen molar-refractivity contribution in [3.8, 4) is 5.75 Å². The summed E-state index contributed by atoms with van der Waals surface area (Å²) < 4.78 is 5.25. The van der Waals surface area contributed by atoms with Gasteiger partial charge in [0.05, 0.1) is 5.56 Å². The fourth-order valence-electron chi connectivity index (χ4n) is 3.02. The van der Waals surface area contributed by atoms with Gasteiger partial charge in [-0.2, -0.15) is 0 Å². The number of carbonyl (C=O) groups is 2. The van der Waals surface area contributed by atoms with Gasteiger partial charge in [-0.05, 0) is 69.5 Å². The van der Waals surface area contributed by atoms with Gasteiger partial charge in [-0.3, -0.25) is 4.79 Å². The third-order valence-corrected chi connectivity index (χ3v) is 4.56. The van der Waals surface area contributed by atoms with Crippen LogP contribution in [-0.2, 0) is 0 Å². The van der Waals surface area contributed by atoms with E-state index in [-0.39, 0.29) is 18.4 Å². The molecule has 0 saturated heterocycles. The Hall–Kier alpha value is -3.06. The van der Waals surface area contributed by atoms with E-state index >= 15 is 0 Å². The van der Waals surface area contributed by atoms with Crippen LogP contribution in [0.3, 0.4) is 0 Å². The summed E-state index contributed by atoms with van der Waals surface area (Å²) in [6.07, 6.45) is 1.08. The van der Waals surface area contributed by atoms with Crippen LogP contribution in [0.5, 0.6) is 5.75 Å². The van der Waals surface area contributed by atoms with Crippen molar-refractivity contribution in [2.75, 3.05) is 56.4 Å². The number of hydrogen-bond acceptors (Lipinski definition) is 5. The Morgan fingerprint density at radius 2 is 1.68 bits per heavy atom. The molecule has 1 aliphatic heterocycles. The van der Waals surface area contributed by atoms with Crippen molar-refractivity contribution in [3.63, 3.8) is 0 Å². The lowest BCUT2D eigenvalue weighted by molar-refractivity contribution is 0.0961. The van der Waals surface area contributed by atoms with Gasteiger partial charge in [0, 0.05) is 30.7 Å². The second-order valence-electron chi connectivity index (χ2n) is 7.13. The van der Waals surface area contributed by atoms with E-state index in [1.807, 2.05) is 24.3 Å². The van der Waals surface area contributed by atoms with E-state index in [1.165, 1.54) is 0 Å². The van der Waals surface area contributed by atoms with Crippen molar-refractivity contribution in [1.82, 2.24) is 4.90 Å². The van der Waals surface area contributed by atoms with Gasteiger partial charge in [-0.1, -0.05) is 0 Å². The zero-order valence-corrected chi connectivity index (χ0v) is 16.5. The Morgan fingerprint density at radius 3 is 2.39 bits per heavy atom. The van der Waals surface area contributed by atoms with Crippen molar-refractivity contribution in [3.05, 3.63) is 48.0 Å². The largest absolute Gasteiger partial charge is 0.485 e. The number of fused-ring (bicyclic) bond motifs is 1. The highest BCUT2D eigenvalue weighted by molar-refractivity contribution is 6.05. The van der Waals surface area contributed by atoms with Crippen molar-refractivity contribution < 1.29 is 14.3 Å². The molecule has 1 aliphatic rings. The van der Waals surface area contributed by atoms with Crippen LogP contribution < -0.4 is 20.3 Å². The summed E-state index contributed by atoms with van der Waals surface area (Å²) in [5, 5.41) is 5.55. The quantitative estimate of drug-likeness (QED) is 0.769. The fourth-order valence-corrected chi connectivity index (χ4v) is 3.02. The van der Waals surface area contributed by atoms with Crippen LogP contribution in [0.2, 0.25) is 0 Å². The lowest BCUT2D eigenvalue weighted by Gasteiger charge is -2.20. The molecule has 3 rings (SSSR count). The van der Waals surface area contributed by atoms with Gasteiger partial charge in [0.25, 0.3) is 0 Å². The number of ketones is 1. The normalized spacial score (nSPS) is 12.5. The van der Waals surface area contributed by atoms with Gasteiger partial charge in [0.2, 0.25) is 5.78 Å². The summed E-state index contributed by atoms with van der Waals surface area (Å²) in [7, 11) is 6.20. The molecule has 2 N–H and O–H groups in total. The first-order valence-corrected chi connectivity index (χ1v) is 9.26. The van der Waals surface area contributed by atoms with Crippen LogP contribution in [0.4, 0.5) is 21.9 Å². The van der Waals surface area contributed by atoms with Crippen LogP contribution in [0, 0.1) is 0 Å². The summed E-state index contributed by atoms with van der Waals surface area (Å²) in [6.45, 7) is 2.07. The van der Waals surface area contributed by atoms with Gasteiger partial charge < -0.3 is 25.2 Å². The van der Waals surface area contributed by atoms with Crippen molar-refractivity contribution in [2.45, 2.75) is 6.42 Å². The zero-order chi connectivity index (χ0) is 20.1. The Kier molecular flexibility index (Phi) is 6.16. The highest BCUT2D eigenvalue weighted by atomic mass is 16.5. The first kappa shape index (κ1) is 19.7. The summed E-state index contributed by atoms with van der Waals surface area (Å²) in [5.74, 6) is 0.477. The molecule has 1 heterocycles. The van der Waals surface area contributed by atoms with Gasteiger partial charge >= 0.3 is 6.03 Å². The molecule has 0 bridgehead atoms. The number of amides is 2. The number of Topliss-reactive ketones (excluding diaryl/α,β-unsaturated/α-hetero) is 1. The summed E-state index contributed by atoms with van der Waals surface area (Å²) in [4.78, 5) is 28.3. The first-order chi connectivity index (χ1) is 13.4. The highest BCUT2D eigenvalue weighted by Gasteiger charge is 2.21. The van der Waals surface area contributed by atoms with E-state index in [1.54, 1.807) is 18.2 Å². The molecule has 0 radical (unpaired) electrons. The molecule has 2 aromatic rings. The molecule has 0 atom stereocenters. The molecular formula is C21H26N4O3. The molecule has 0 spiro atoms. The van der Waals surface area contributed by atoms with E-state index in [9.17, 15) is 9.59 Å². The molecular weight excluding hydrogens is 356 g/mol. The monoisotopic (exact) mass is 382 g/mol. The third-order valence-electron chi connectivity index (χ3n) is 4.56. The first-order valence-electron chi connectivity index (χ1n) is 9.26. The van der Waals surface area contributed by atoms with Crippen LogP contribution in [0.25, 0.3) is 0 Å². The Bertz CT molecular complexity index is 849. The minimum absolute atomic E-state index is 0.0565. The number of anilines is 3. The minimum atomic E-state index is -0.363. The molecule has 7 heteroatoms. The average molecular weight is 382 g/mol. The lowest BCUT2D eigenvalue weighted by atomic mass is 10.1. The molecule has 148 valence electrons. The highest BCUT2D eigenvalue weighted by Crippen LogP contribution is 2.28. The number of hydrogen-bond donors (Lipinski definition) is 2. The molecule has 7 nitrogen and oxygen atoms in total. The summed E-state index contributed by atoms with van der Waals surface area (Å²) in [6, 6.07) is 12.4. The van der Waals surface area contributed by atoms with Gasteiger partial charge in [0.1, 0.15) is 5.75 Å². The minimum Gasteiger partial charge on any atom is -0.485 e. The van der Waals surface area contributed by atoms with Crippen molar-refractivity contribution in [2.24, 2.45) is 0 Å². The summed E-state index contributed by atoms with van der Waals surface area (Å²) >= 11 is 0. The molecule has 0 aliphatic carbocycles. The van der Waals surface area contributed by atoms with Gasteiger partial charge in [0.15, 0.2) is 6.61 Å². The predicted molar refractivity (Wildman–Crippen MR) is 112 cm³/mol. The second kappa shape index (κ2) is 8.75. The molecule has 2 aromatic carbocycles. The Labute approximate surface area is 165 Å². The van der Waals surface area contributed by atoms with E-state index in [0.717, 1.165) is 25.2 Å². The Balaban J connectivity index is 1.53. The van der Waals surface area contributed by atoms with Crippen LogP contribution in [0.1, 0.15) is 16.8 Å². The number of nitrogens with one attached hydrogen (secondary N) is 2. The number of benzene rings is 2. The third kappa shape index (κ3) is 5.01. The predicted octanol–water partition coefficient (Wildman–Crippen LogP) is 3.29. The molecule has 28 heavy (non-hydrogen) atoms. The van der Waals surface area contributed by atoms with E-state index in [4.69, 9.17) is 4.74 Å². The number of nitrogens with zero attached hydrogens (tertiary/aromatic N) is 2. The number of rotatable bonds is 7. The Morgan fingerprint density at radius 1 is 1.00 bits per heavy atom. The van der Waals surface area contributed by atoms with Crippen LogP contribution in [0.15, 0.2) is 42.5 Å². The molecule has 2 amide bonds. The van der Waals surface area contributed by atoms with E-state index in [2.05, 4.69) is 41.6 Å². The van der Waals surface area contributed by atoms with Gasteiger partial charge in [-0.15, -0.1) is 0 Å². The second-order valence-corrected chi connectivity index (χ2v) is 7.13. The smallest absolute Gasteiger partial charge is 0.323 e. The standard InChI is InChI=1S/C21H26N4O3/c1-24(2)11-4-12-25(3)17-8-5-15(6-9-17)22-21(27)23-16-7-10-20-18(13-16)19(26)14-28-20/h5-10,13H,4,11-12,14H2,1-3H3,(H2,22,23,27). The van der Waals surface area contributed by atoms with E-state index in [0.29, 0.717) is 22.7 Å². The molecule has 0 fully saturated rings. The SMILES string of the molecule is CN(C)CCCN(C)c1ccc(NC(=O)Nc2ccc3c(c2)C(=O)CO3)cc1. The van der Waals surface area contributed by atoms with Gasteiger partial charge in [-0.25, -0.2) is 4.79 Å². The number of ether oxygens (including phenoxy) is 1. The van der Waals surface area contributed by atoms with Crippen LogP contribution in [-0.4, -0.2) is 57.6 Å². The number of urea groups is 1. The van der Waals surface area contributed by atoms with Crippen molar-refractivity contribution in [1.29, 1.82) is 0 Å².